The van der Waals surface area contributed by atoms with E-state index < -0.39 is 6.04 Å². The minimum absolute atomic E-state index is 0.0128. The molecule has 36 heavy (non-hydrogen) atoms. The van der Waals surface area contributed by atoms with Gasteiger partial charge in [-0.2, -0.15) is 0 Å². The molecule has 2 aromatic carbocycles. The average molecular weight is 508 g/mol. The second kappa shape index (κ2) is 9.95. The van der Waals surface area contributed by atoms with E-state index in [1.807, 2.05) is 11.0 Å². The Morgan fingerprint density at radius 3 is 2.42 bits per heavy atom. The second-order valence-electron chi connectivity index (χ2n) is 9.63. The van der Waals surface area contributed by atoms with Crippen LogP contribution in [0.15, 0.2) is 59.8 Å². The van der Waals surface area contributed by atoms with E-state index in [0.717, 1.165) is 19.6 Å². The number of nitrogens with zero attached hydrogens (tertiary/aromatic N) is 4. The van der Waals surface area contributed by atoms with Gasteiger partial charge in [0.1, 0.15) is 6.54 Å². The summed E-state index contributed by atoms with van der Waals surface area (Å²) >= 11 is 6.39. The monoisotopic (exact) mass is 507 g/mol. The molecule has 1 saturated heterocycles. The van der Waals surface area contributed by atoms with E-state index in [9.17, 15) is 14.4 Å². The van der Waals surface area contributed by atoms with Crippen LogP contribution in [0.2, 0.25) is 5.02 Å². The molecular weight excluding hydrogens is 478 g/mol. The summed E-state index contributed by atoms with van der Waals surface area (Å²) in [4.78, 5) is 46.4. The molecule has 8 nitrogen and oxygen atoms in total. The maximum Gasteiger partial charge on any atom is 0.322 e. The highest BCUT2D eigenvalue weighted by Crippen LogP contribution is 2.37. The predicted molar refractivity (Wildman–Crippen MR) is 137 cm³/mol. The van der Waals surface area contributed by atoms with Gasteiger partial charge in [0.05, 0.1) is 23.9 Å². The predicted octanol–water partition coefficient (Wildman–Crippen LogP) is 2.79. The lowest BCUT2D eigenvalue weighted by Gasteiger charge is -2.35. The van der Waals surface area contributed by atoms with Gasteiger partial charge < -0.3 is 15.1 Å². The molecular formula is C27H30ClN5O3. The smallest absolute Gasteiger partial charge is 0.322 e. The van der Waals surface area contributed by atoms with E-state index in [4.69, 9.17) is 11.6 Å². The van der Waals surface area contributed by atoms with E-state index in [0.29, 0.717) is 34.9 Å². The van der Waals surface area contributed by atoms with Gasteiger partial charge in [-0.05, 0) is 24.1 Å². The molecule has 0 spiro atoms. The molecule has 1 atom stereocenters. The van der Waals surface area contributed by atoms with Gasteiger partial charge in [-0.1, -0.05) is 59.6 Å². The minimum atomic E-state index is -0.643. The third-order valence-electron chi connectivity index (χ3n) is 7.23. The summed E-state index contributed by atoms with van der Waals surface area (Å²) in [5.41, 5.74) is 4.26. The van der Waals surface area contributed by atoms with E-state index in [-0.39, 0.29) is 30.9 Å². The van der Waals surface area contributed by atoms with Gasteiger partial charge in [0.25, 0.3) is 5.91 Å². The van der Waals surface area contributed by atoms with Crippen LogP contribution in [0.25, 0.3) is 0 Å². The van der Waals surface area contributed by atoms with Gasteiger partial charge >= 0.3 is 6.03 Å². The SMILES string of the molecule is Cc1ccc(CN2CCN(C(=O)CN3CC4=C(C3=O)[C@@H](c3ccccc3Cl)NC(=O)N4C)CC2)cc1. The molecule has 0 unspecified atom stereocenters. The quantitative estimate of drug-likeness (QED) is 0.675. The first-order valence-corrected chi connectivity index (χ1v) is 12.6. The van der Waals surface area contributed by atoms with Gasteiger partial charge in [-0.25, -0.2) is 4.79 Å². The van der Waals surface area contributed by atoms with Gasteiger partial charge in [-0.15, -0.1) is 0 Å². The highest BCUT2D eigenvalue weighted by molar-refractivity contribution is 6.31. The van der Waals surface area contributed by atoms with Crippen molar-refractivity contribution >= 4 is 29.4 Å². The summed E-state index contributed by atoms with van der Waals surface area (Å²) in [6.45, 7) is 5.98. The maximum absolute atomic E-state index is 13.5. The van der Waals surface area contributed by atoms with E-state index in [2.05, 4.69) is 41.4 Å². The summed E-state index contributed by atoms with van der Waals surface area (Å²) in [6, 6.07) is 14.8. The standard InChI is InChI=1S/C27H30ClN5O3/c1-18-7-9-19(10-8-18)15-31-11-13-32(14-12-31)23(34)17-33-16-22-24(26(33)35)25(29-27(36)30(22)2)20-5-3-4-6-21(20)28/h3-10,25H,11-17H2,1-2H3,(H,29,36)/t25-/m1/s1. The van der Waals surface area contributed by atoms with Crippen molar-refractivity contribution in [2.45, 2.75) is 19.5 Å². The van der Waals surface area contributed by atoms with Crippen molar-refractivity contribution in [1.82, 2.24) is 24.9 Å². The van der Waals surface area contributed by atoms with Gasteiger partial charge in [-0.3, -0.25) is 19.4 Å². The summed E-state index contributed by atoms with van der Waals surface area (Å²) in [7, 11) is 1.64. The zero-order chi connectivity index (χ0) is 25.4. The van der Waals surface area contributed by atoms with Crippen LogP contribution < -0.4 is 5.32 Å². The van der Waals surface area contributed by atoms with Crippen LogP contribution in [0.3, 0.4) is 0 Å². The number of amides is 4. The number of piperazine rings is 1. The fourth-order valence-corrected chi connectivity index (χ4v) is 5.31. The van der Waals surface area contributed by atoms with Crippen LogP contribution >= 0.6 is 11.6 Å². The molecule has 0 aliphatic carbocycles. The fraction of sp³-hybridized carbons (Fsp3) is 0.370. The minimum Gasteiger partial charge on any atom is -0.339 e. The Kier molecular flexibility index (Phi) is 6.73. The van der Waals surface area contributed by atoms with Crippen LogP contribution in [0.4, 0.5) is 4.79 Å². The van der Waals surface area contributed by atoms with E-state index in [1.165, 1.54) is 20.9 Å². The Bertz CT molecular complexity index is 1220. The third-order valence-corrected chi connectivity index (χ3v) is 7.57. The van der Waals surface area contributed by atoms with Crippen molar-refractivity contribution in [3.8, 4) is 0 Å². The number of halogens is 1. The van der Waals surface area contributed by atoms with Crippen molar-refractivity contribution in [3.05, 3.63) is 81.5 Å². The second-order valence-corrected chi connectivity index (χ2v) is 10.0. The summed E-state index contributed by atoms with van der Waals surface area (Å²) < 4.78 is 0. The Labute approximate surface area is 216 Å². The summed E-state index contributed by atoms with van der Waals surface area (Å²) in [5, 5.41) is 3.36. The zero-order valence-corrected chi connectivity index (χ0v) is 21.3. The van der Waals surface area contributed by atoms with Gasteiger partial charge in [0, 0.05) is 44.8 Å². The first-order valence-electron chi connectivity index (χ1n) is 12.2. The lowest BCUT2D eigenvalue weighted by molar-refractivity contribution is -0.139. The van der Waals surface area contributed by atoms with Crippen molar-refractivity contribution in [2.24, 2.45) is 0 Å². The Morgan fingerprint density at radius 2 is 1.72 bits per heavy atom. The third kappa shape index (κ3) is 4.70. The number of hydrogen-bond acceptors (Lipinski definition) is 4. The number of urea groups is 1. The molecule has 4 amide bonds. The molecule has 1 fully saturated rings. The van der Waals surface area contributed by atoms with Crippen LogP contribution in [0.5, 0.6) is 0 Å². The Balaban J connectivity index is 1.22. The zero-order valence-electron chi connectivity index (χ0n) is 20.5. The first-order chi connectivity index (χ1) is 17.3. The lowest BCUT2D eigenvalue weighted by atomic mass is 9.96. The number of carbonyl (C=O) groups is 3. The van der Waals surface area contributed by atoms with Crippen LogP contribution in [-0.4, -0.2) is 83.8 Å². The number of carbonyl (C=O) groups excluding carboxylic acids is 3. The largest absolute Gasteiger partial charge is 0.339 e. The number of nitrogens with one attached hydrogen (secondary N) is 1. The van der Waals surface area contributed by atoms with Gasteiger partial charge in [0.15, 0.2) is 0 Å². The first kappa shape index (κ1) is 24.3. The molecule has 9 heteroatoms. The van der Waals surface area contributed by atoms with Crippen molar-refractivity contribution in [3.63, 3.8) is 0 Å². The van der Waals surface area contributed by atoms with Crippen LogP contribution in [0.1, 0.15) is 22.7 Å². The Morgan fingerprint density at radius 1 is 1.03 bits per heavy atom. The number of benzene rings is 2. The fourth-order valence-electron chi connectivity index (χ4n) is 5.06. The van der Waals surface area contributed by atoms with Gasteiger partial charge in [0.2, 0.25) is 5.91 Å². The molecule has 5 rings (SSSR count). The van der Waals surface area contributed by atoms with Crippen molar-refractivity contribution < 1.29 is 14.4 Å². The van der Waals surface area contributed by atoms with Crippen LogP contribution in [0, 0.1) is 6.92 Å². The number of aryl methyl sites for hydroxylation is 1. The normalized spacial score (nSPS) is 20.6. The molecule has 3 heterocycles. The Hall–Kier alpha value is -3.36. The highest BCUT2D eigenvalue weighted by atomic mass is 35.5. The average Bonchev–Trinajstić information content (AvgIpc) is 3.20. The molecule has 0 radical (unpaired) electrons. The van der Waals surface area contributed by atoms with Crippen molar-refractivity contribution in [1.29, 1.82) is 0 Å². The van der Waals surface area contributed by atoms with Crippen LogP contribution in [-0.2, 0) is 16.1 Å². The molecule has 1 N–H and O–H groups in total. The molecule has 3 aliphatic heterocycles. The maximum atomic E-state index is 13.5. The summed E-state index contributed by atoms with van der Waals surface area (Å²) in [6.07, 6.45) is 0. The molecule has 2 aromatic rings. The van der Waals surface area contributed by atoms with Crippen molar-refractivity contribution in [2.75, 3.05) is 46.3 Å². The topological polar surface area (TPSA) is 76.2 Å². The summed E-state index contributed by atoms with van der Waals surface area (Å²) in [5.74, 6) is -0.317. The number of hydrogen-bond donors (Lipinski definition) is 1. The molecule has 0 aromatic heterocycles. The highest BCUT2D eigenvalue weighted by Gasteiger charge is 2.44. The molecule has 188 valence electrons. The number of likely N-dealkylation sites (N-methyl/N-ethyl adjacent to an activating group) is 1. The van der Waals surface area contributed by atoms with E-state index >= 15 is 0 Å². The molecule has 0 saturated carbocycles. The molecule has 0 bridgehead atoms. The number of rotatable bonds is 5. The molecule has 3 aliphatic rings. The lowest BCUT2D eigenvalue weighted by Crippen LogP contribution is -2.51. The van der Waals surface area contributed by atoms with E-state index in [1.54, 1.807) is 25.2 Å².